The molecular weight excluding hydrogens is 406 g/mol. The highest BCUT2D eigenvalue weighted by atomic mass is 35.5. The van der Waals surface area contributed by atoms with Crippen molar-refractivity contribution in [2.45, 2.75) is 29.5 Å². The minimum absolute atomic E-state index is 0.0854. The van der Waals surface area contributed by atoms with Crippen LogP contribution in [0.15, 0.2) is 53.4 Å². The predicted octanol–water partition coefficient (Wildman–Crippen LogP) is 3.98. The van der Waals surface area contributed by atoms with Gasteiger partial charge < -0.3 is 5.11 Å². The number of hydrogen-bond acceptors (Lipinski definition) is 4. The van der Waals surface area contributed by atoms with Gasteiger partial charge in [0.25, 0.3) is 0 Å². The van der Waals surface area contributed by atoms with Crippen LogP contribution in [0.5, 0.6) is 0 Å². The molecule has 1 fully saturated rings. The molecule has 0 aromatic heterocycles. The molecule has 0 aliphatic carbocycles. The second-order valence-electron chi connectivity index (χ2n) is 6.84. The lowest BCUT2D eigenvalue weighted by molar-refractivity contribution is -0.142. The predicted molar refractivity (Wildman–Crippen MR) is 109 cm³/mol. The van der Waals surface area contributed by atoms with E-state index in [1.807, 2.05) is 12.1 Å². The maximum absolute atomic E-state index is 13.1. The molecule has 8 heteroatoms. The summed E-state index contributed by atoms with van der Waals surface area (Å²) in [5.41, 5.74) is 1.71. The smallest absolute Gasteiger partial charge is 0.323 e. The maximum Gasteiger partial charge on any atom is 0.323 e. The molecule has 0 amide bonds. The Morgan fingerprint density at radius 1 is 1.19 bits per heavy atom. The van der Waals surface area contributed by atoms with Crippen molar-refractivity contribution in [2.24, 2.45) is 0 Å². The fourth-order valence-corrected chi connectivity index (χ4v) is 6.54. The first-order chi connectivity index (χ1) is 12.6. The van der Waals surface area contributed by atoms with Gasteiger partial charge in [-0.05, 0) is 49.2 Å². The molecule has 1 saturated heterocycles. The van der Waals surface area contributed by atoms with Crippen LogP contribution < -0.4 is 0 Å². The van der Waals surface area contributed by atoms with Gasteiger partial charge in [0, 0.05) is 22.1 Å². The van der Waals surface area contributed by atoms with Crippen molar-refractivity contribution < 1.29 is 18.3 Å². The molecule has 0 unspecified atom stereocenters. The second-order valence-corrected chi connectivity index (χ2v) is 10.9. The number of thioether (sulfide) groups is 1. The molecule has 2 aromatic rings. The second kappa shape index (κ2) is 7.47. The van der Waals surface area contributed by atoms with Crippen LogP contribution in [0.1, 0.15) is 13.8 Å². The van der Waals surface area contributed by atoms with E-state index in [9.17, 15) is 18.3 Å². The molecule has 1 N–H and O–H groups in total. The molecule has 5 nitrogen and oxygen atoms in total. The Labute approximate surface area is 168 Å². The van der Waals surface area contributed by atoms with Gasteiger partial charge in [-0.25, -0.2) is 8.42 Å². The summed E-state index contributed by atoms with van der Waals surface area (Å²) < 4.78 is 26.6. The molecule has 0 bridgehead atoms. The number of rotatable bonds is 4. The van der Waals surface area contributed by atoms with Gasteiger partial charge in [-0.2, -0.15) is 16.1 Å². The summed E-state index contributed by atoms with van der Waals surface area (Å²) in [6.45, 7) is 3.70. The lowest BCUT2D eigenvalue weighted by Gasteiger charge is -2.42. The van der Waals surface area contributed by atoms with E-state index < -0.39 is 26.8 Å². The Balaban J connectivity index is 1.96. The monoisotopic (exact) mass is 425 g/mol. The van der Waals surface area contributed by atoms with Gasteiger partial charge in [0.15, 0.2) is 0 Å². The molecule has 1 heterocycles. The average molecular weight is 426 g/mol. The number of sulfonamides is 1. The third-order valence-electron chi connectivity index (χ3n) is 4.59. The fraction of sp³-hybridized carbons (Fsp3) is 0.316. The van der Waals surface area contributed by atoms with Crippen LogP contribution in [0.3, 0.4) is 0 Å². The summed E-state index contributed by atoms with van der Waals surface area (Å²) in [4.78, 5) is 11.9. The molecule has 144 valence electrons. The van der Waals surface area contributed by atoms with E-state index >= 15 is 0 Å². The van der Waals surface area contributed by atoms with Gasteiger partial charge in [-0.1, -0.05) is 35.9 Å². The number of carboxylic acids is 1. The quantitative estimate of drug-likeness (QED) is 0.801. The Morgan fingerprint density at radius 3 is 2.44 bits per heavy atom. The average Bonchev–Trinajstić information content (AvgIpc) is 2.60. The molecule has 0 saturated carbocycles. The van der Waals surface area contributed by atoms with E-state index in [-0.39, 0.29) is 11.4 Å². The molecule has 2 aromatic carbocycles. The minimum Gasteiger partial charge on any atom is -0.480 e. The highest BCUT2D eigenvalue weighted by molar-refractivity contribution is 8.00. The number of hydrogen-bond donors (Lipinski definition) is 1. The summed E-state index contributed by atoms with van der Waals surface area (Å²) in [7, 11) is -3.92. The summed E-state index contributed by atoms with van der Waals surface area (Å²) >= 11 is 7.49. The Hall–Kier alpha value is -1.54. The lowest BCUT2D eigenvalue weighted by Crippen LogP contribution is -2.58. The van der Waals surface area contributed by atoms with Gasteiger partial charge in [-0.3, -0.25) is 4.79 Å². The van der Waals surface area contributed by atoms with Gasteiger partial charge in [-0.15, -0.1) is 0 Å². The number of benzene rings is 2. The number of carboxylic acid groups (broad SMARTS) is 1. The van der Waals surface area contributed by atoms with Crippen LogP contribution in [0.25, 0.3) is 11.1 Å². The molecular formula is C19H20ClNO4S2. The van der Waals surface area contributed by atoms with Crippen LogP contribution >= 0.6 is 23.4 Å². The van der Waals surface area contributed by atoms with Crippen molar-refractivity contribution in [3.05, 3.63) is 53.6 Å². The summed E-state index contributed by atoms with van der Waals surface area (Å²) in [6, 6.07) is 12.6. The summed E-state index contributed by atoms with van der Waals surface area (Å²) in [5, 5.41) is 10.2. The van der Waals surface area contributed by atoms with E-state index in [0.717, 1.165) is 15.4 Å². The Kier molecular flexibility index (Phi) is 5.59. The topological polar surface area (TPSA) is 74.7 Å². The van der Waals surface area contributed by atoms with Crippen molar-refractivity contribution >= 4 is 39.4 Å². The first-order valence-electron chi connectivity index (χ1n) is 8.37. The zero-order valence-corrected chi connectivity index (χ0v) is 17.3. The van der Waals surface area contributed by atoms with Crippen molar-refractivity contribution in [3.63, 3.8) is 0 Å². The van der Waals surface area contributed by atoms with Crippen LogP contribution in [0.2, 0.25) is 5.02 Å². The van der Waals surface area contributed by atoms with E-state index in [1.165, 1.54) is 23.9 Å². The van der Waals surface area contributed by atoms with Crippen LogP contribution in [0.4, 0.5) is 0 Å². The number of carbonyl (C=O) groups is 1. The van der Waals surface area contributed by atoms with Crippen LogP contribution in [0, 0.1) is 0 Å². The molecule has 1 aliphatic rings. The SMILES string of the molecule is CC1(C)SCCN(S(=O)(=O)c2ccc(-c3cccc(Cl)c3)cc2)[C@H]1C(=O)O. The molecule has 27 heavy (non-hydrogen) atoms. The van der Waals surface area contributed by atoms with Gasteiger partial charge >= 0.3 is 5.97 Å². The van der Waals surface area contributed by atoms with Gasteiger partial charge in [0.2, 0.25) is 10.0 Å². The molecule has 0 radical (unpaired) electrons. The first kappa shape index (κ1) is 20.2. The molecule has 3 rings (SSSR count). The van der Waals surface area contributed by atoms with E-state index in [2.05, 4.69) is 0 Å². The summed E-state index contributed by atoms with van der Waals surface area (Å²) in [5.74, 6) is -0.581. The van der Waals surface area contributed by atoms with Crippen LogP contribution in [-0.4, -0.2) is 46.9 Å². The molecule has 1 aliphatic heterocycles. The normalized spacial score (nSPS) is 20.3. The van der Waals surface area contributed by atoms with Crippen LogP contribution in [-0.2, 0) is 14.8 Å². The number of halogens is 1. The minimum atomic E-state index is -3.92. The fourth-order valence-electron chi connectivity index (χ4n) is 3.26. The number of aliphatic carboxylic acids is 1. The Morgan fingerprint density at radius 2 is 1.85 bits per heavy atom. The zero-order valence-electron chi connectivity index (χ0n) is 14.9. The van der Waals surface area contributed by atoms with E-state index in [0.29, 0.717) is 10.8 Å². The molecule has 0 spiro atoms. The van der Waals surface area contributed by atoms with Crippen molar-refractivity contribution in [1.29, 1.82) is 0 Å². The highest BCUT2D eigenvalue weighted by Crippen LogP contribution is 2.38. The summed E-state index contributed by atoms with van der Waals surface area (Å²) in [6.07, 6.45) is 0. The Bertz CT molecular complexity index is 958. The van der Waals surface area contributed by atoms with Gasteiger partial charge in [0.1, 0.15) is 6.04 Å². The largest absolute Gasteiger partial charge is 0.480 e. The lowest BCUT2D eigenvalue weighted by atomic mass is 10.0. The van der Waals surface area contributed by atoms with Crippen molar-refractivity contribution in [2.75, 3.05) is 12.3 Å². The maximum atomic E-state index is 13.1. The molecule has 1 atom stereocenters. The zero-order chi connectivity index (χ0) is 19.8. The first-order valence-corrected chi connectivity index (χ1v) is 11.2. The highest BCUT2D eigenvalue weighted by Gasteiger charge is 2.48. The third kappa shape index (κ3) is 4.01. The number of nitrogens with zero attached hydrogens (tertiary/aromatic N) is 1. The van der Waals surface area contributed by atoms with E-state index in [4.69, 9.17) is 11.6 Å². The van der Waals surface area contributed by atoms with E-state index in [1.54, 1.807) is 38.1 Å². The van der Waals surface area contributed by atoms with Crippen molar-refractivity contribution in [1.82, 2.24) is 4.31 Å². The van der Waals surface area contributed by atoms with Crippen molar-refractivity contribution in [3.8, 4) is 11.1 Å². The third-order valence-corrected chi connectivity index (χ3v) is 8.05. The van der Waals surface area contributed by atoms with Gasteiger partial charge in [0.05, 0.1) is 4.90 Å². The standard InChI is InChI=1S/C19H20ClNO4S2/c1-19(2)17(18(22)23)21(10-11-26-19)27(24,25)16-8-6-13(7-9-16)14-4-3-5-15(20)12-14/h3-9,12,17H,10-11H2,1-2H3,(H,22,23)/t17-/m0/s1.